The Morgan fingerprint density at radius 2 is 1.68 bits per heavy atom. The molecular formula is C18H32N6O4. The van der Waals surface area contributed by atoms with Crippen molar-refractivity contribution in [2.24, 2.45) is 0 Å². The molecule has 2 fully saturated rings. The number of nitrogens with one attached hydrogen (secondary N) is 4. The molecule has 2 rings (SSSR count). The third-order valence-electron chi connectivity index (χ3n) is 4.66. The molecule has 0 saturated carbocycles. The van der Waals surface area contributed by atoms with E-state index in [0.29, 0.717) is 19.5 Å². The Hall–Kier alpha value is -2.52. The predicted molar refractivity (Wildman–Crippen MR) is 104 cm³/mol. The van der Waals surface area contributed by atoms with Crippen molar-refractivity contribution in [1.82, 2.24) is 31.1 Å². The van der Waals surface area contributed by atoms with Gasteiger partial charge in [0, 0.05) is 31.7 Å². The summed E-state index contributed by atoms with van der Waals surface area (Å²) < 4.78 is 0. The molecule has 0 unspecified atom stereocenters. The van der Waals surface area contributed by atoms with Crippen LogP contribution in [0, 0.1) is 0 Å². The predicted octanol–water partition coefficient (Wildman–Crippen LogP) is -0.397. The number of amides is 6. The highest BCUT2D eigenvalue weighted by Gasteiger charge is 2.38. The average Bonchev–Trinajstić information content (AvgIpc) is 2.62. The zero-order valence-electron chi connectivity index (χ0n) is 17.1. The number of hydrogen-bond donors (Lipinski definition) is 4. The number of urea groups is 2. The second kappa shape index (κ2) is 9.61. The SMILES string of the molecule is CC(C)NC(=O)N1CCN(C(=O)NC(C)C)[C@H](C(=O)N[C@H]2CCCNC2=O)C1. The number of hydrogen-bond acceptors (Lipinski definition) is 4. The lowest BCUT2D eigenvalue weighted by atomic mass is 10.1. The molecule has 0 radical (unpaired) electrons. The van der Waals surface area contributed by atoms with Crippen LogP contribution in [0.4, 0.5) is 9.59 Å². The fraction of sp³-hybridized carbons (Fsp3) is 0.778. The Labute approximate surface area is 165 Å². The number of carbonyl (C=O) groups excluding carboxylic acids is 4. The Bertz CT molecular complexity index is 609. The van der Waals surface area contributed by atoms with Crippen molar-refractivity contribution in [3.8, 4) is 0 Å². The molecule has 2 heterocycles. The smallest absolute Gasteiger partial charge is 0.318 e. The second-order valence-corrected chi connectivity index (χ2v) is 7.86. The van der Waals surface area contributed by atoms with E-state index in [1.165, 1.54) is 9.80 Å². The van der Waals surface area contributed by atoms with E-state index in [1.807, 2.05) is 27.7 Å². The number of nitrogens with zero attached hydrogens (tertiary/aromatic N) is 2. The molecule has 0 aromatic rings. The van der Waals surface area contributed by atoms with E-state index in [2.05, 4.69) is 21.3 Å². The van der Waals surface area contributed by atoms with Crippen LogP contribution in [0.25, 0.3) is 0 Å². The number of rotatable bonds is 4. The third kappa shape index (κ3) is 5.74. The van der Waals surface area contributed by atoms with Gasteiger partial charge in [0.1, 0.15) is 12.1 Å². The van der Waals surface area contributed by atoms with E-state index in [-0.39, 0.29) is 43.1 Å². The van der Waals surface area contributed by atoms with Crippen LogP contribution >= 0.6 is 0 Å². The lowest BCUT2D eigenvalue weighted by molar-refractivity contribution is -0.133. The van der Waals surface area contributed by atoms with E-state index < -0.39 is 18.0 Å². The highest BCUT2D eigenvalue weighted by Crippen LogP contribution is 2.13. The minimum absolute atomic E-state index is 0.0343. The maximum Gasteiger partial charge on any atom is 0.318 e. The first-order valence-corrected chi connectivity index (χ1v) is 9.89. The van der Waals surface area contributed by atoms with Crippen molar-refractivity contribution >= 4 is 23.9 Å². The summed E-state index contributed by atoms with van der Waals surface area (Å²) in [4.78, 5) is 52.8. The molecule has 0 bridgehead atoms. The van der Waals surface area contributed by atoms with Gasteiger partial charge in [-0.1, -0.05) is 0 Å². The van der Waals surface area contributed by atoms with Crippen molar-refractivity contribution in [2.45, 2.75) is 64.7 Å². The summed E-state index contributed by atoms with van der Waals surface area (Å²) in [7, 11) is 0. The number of carbonyl (C=O) groups is 4. The van der Waals surface area contributed by atoms with Crippen LogP contribution in [-0.4, -0.2) is 84.0 Å². The Morgan fingerprint density at radius 3 is 2.29 bits per heavy atom. The molecule has 28 heavy (non-hydrogen) atoms. The summed E-state index contributed by atoms with van der Waals surface area (Å²) in [5, 5.41) is 11.1. The van der Waals surface area contributed by atoms with Gasteiger partial charge in [-0.3, -0.25) is 9.59 Å². The van der Waals surface area contributed by atoms with Gasteiger partial charge in [0.25, 0.3) is 0 Å². The van der Waals surface area contributed by atoms with E-state index in [0.717, 1.165) is 6.42 Å². The molecule has 4 N–H and O–H groups in total. The molecule has 0 aromatic heterocycles. The Balaban J connectivity index is 2.12. The van der Waals surface area contributed by atoms with Gasteiger partial charge in [0.15, 0.2) is 0 Å². The minimum Gasteiger partial charge on any atom is -0.354 e. The maximum atomic E-state index is 12.9. The van der Waals surface area contributed by atoms with Crippen molar-refractivity contribution < 1.29 is 19.2 Å². The summed E-state index contributed by atoms with van der Waals surface area (Å²) in [5.74, 6) is -0.647. The molecule has 0 spiro atoms. The van der Waals surface area contributed by atoms with Gasteiger partial charge in [-0.05, 0) is 40.5 Å². The van der Waals surface area contributed by atoms with Gasteiger partial charge < -0.3 is 31.1 Å². The van der Waals surface area contributed by atoms with Crippen LogP contribution in [-0.2, 0) is 9.59 Å². The molecule has 2 atom stereocenters. The highest BCUT2D eigenvalue weighted by atomic mass is 16.2. The van der Waals surface area contributed by atoms with Crippen LogP contribution in [0.3, 0.4) is 0 Å². The first-order chi connectivity index (χ1) is 13.2. The zero-order valence-corrected chi connectivity index (χ0v) is 17.1. The Morgan fingerprint density at radius 1 is 1.04 bits per heavy atom. The standard InChI is InChI=1S/C18H32N6O4/c1-11(2)20-17(27)23-8-9-24(18(28)21-12(3)4)14(10-23)16(26)22-13-6-5-7-19-15(13)25/h11-14H,5-10H2,1-4H3,(H,19,25)(H,20,27)(H,21,28)(H,22,26)/t13-,14-/m0/s1. The van der Waals surface area contributed by atoms with E-state index >= 15 is 0 Å². The van der Waals surface area contributed by atoms with Crippen molar-refractivity contribution in [2.75, 3.05) is 26.2 Å². The van der Waals surface area contributed by atoms with Crippen molar-refractivity contribution in [3.63, 3.8) is 0 Å². The topological polar surface area (TPSA) is 123 Å². The summed E-state index contributed by atoms with van der Waals surface area (Å²) in [6.45, 7) is 8.63. The van der Waals surface area contributed by atoms with Crippen LogP contribution < -0.4 is 21.3 Å². The van der Waals surface area contributed by atoms with Crippen LogP contribution in [0.2, 0.25) is 0 Å². The van der Waals surface area contributed by atoms with Gasteiger partial charge in [0.05, 0.1) is 6.54 Å². The summed E-state index contributed by atoms with van der Waals surface area (Å²) in [6, 6.07) is -2.22. The first kappa shape index (κ1) is 21.8. The largest absolute Gasteiger partial charge is 0.354 e. The molecule has 10 nitrogen and oxygen atoms in total. The average molecular weight is 396 g/mol. The summed E-state index contributed by atoms with van der Waals surface area (Å²) in [5.41, 5.74) is 0. The summed E-state index contributed by atoms with van der Waals surface area (Å²) in [6.07, 6.45) is 1.34. The third-order valence-corrected chi connectivity index (χ3v) is 4.66. The molecule has 10 heteroatoms. The lowest BCUT2D eigenvalue weighted by Crippen LogP contribution is -2.66. The van der Waals surface area contributed by atoms with Gasteiger partial charge in [-0.2, -0.15) is 0 Å². The molecule has 0 aliphatic carbocycles. The second-order valence-electron chi connectivity index (χ2n) is 7.86. The zero-order chi connectivity index (χ0) is 20.8. The van der Waals surface area contributed by atoms with Gasteiger partial charge in [0.2, 0.25) is 11.8 Å². The molecule has 158 valence electrons. The molecule has 2 aliphatic heterocycles. The van der Waals surface area contributed by atoms with Gasteiger partial charge in [-0.15, -0.1) is 0 Å². The highest BCUT2D eigenvalue weighted by molar-refractivity contribution is 5.93. The minimum atomic E-state index is -0.861. The molecule has 6 amide bonds. The van der Waals surface area contributed by atoms with Crippen molar-refractivity contribution in [3.05, 3.63) is 0 Å². The van der Waals surface area contributed by atoms with Crippen LogP contribution in [0.5, 0.6) is 0 Å². The number of piperidine rings is 1. The quantitative estimate of drug-likeness (QED) is 0.516. The van der Waals surface area contributed by atoms with Crippen LogP contribution in [0.15, 0.2) is 0 Å². The van der Waals surface area contributed by atoms with Gasteiger partial charge in [-0.25, -0.2) is 9.59 Å². The molecule has 2 aliphatic rings. The van der Waals surface area contributed by atoms with Gasteiger partial charge >= 0.3 is 12.1 Å². The monoisotopic (exact) mass is 396 g/mol. The lowest BCUT2D eigenvalue weighted by Gasteiger charge is -2.41. The maximum absolute atomic E-state index is 12.9. The van der Waals surface area contributed by atoms with Crippen LogP contribution in [0.1, 0.15) is 40.5 Å². The van der Waals surface area contributed by atoms with E-state index in [1.54, 1.807) is 0 Å². The molecule has 0 aromatic carbocycles. The Kier molecular flexibility index (Phi) is 7.47. The number of piperazine rings is 1. The van der Waals surface area contributed by atoms with E-state index in [9.17, 15) is 19.2 Å². The fourth-order valence-electron chi connectivity index (χ4n) is 3.28. The first-order valence-electron chi connectivity index (χ1n) is 9.89. The summed E-state index contributed by atoms with van der Waals surface area (Å²) >= 11 is 0. The molecular weight excluding hydrogens is 364 g/mol. The van der Waals surface area contributed by atoms with Crippen molar-refractivity contribution in [1.29, 1.82) is 0 Å². The normalized spacial score (nSPS) is 22.7. The fourth-order valence-corrected chi connectivity index (χ4v) is 3.28. The molecule has 2 saturated heterocycles. The van der Waals surface area contributed by atoms with E-state index in [4.69, 9.17) is 0 Å².